The van der Waals surface area contributed by atoms with Gasteiger partial charge in [0, 0.05) is 24.1 Å². The molecule has 3 amide bonds. The minimum Gasteiger partial charge on any atom is -0.492 e. The monoisotopic (exact) mass is 391 g/mol. The van der Waals surface area contributed by atoms with E-state index in [9.17, 15) is 9.59 Å². The van der Waals surface area contributed by atoms with Crippen LogP contribution in [0.4, 0.5) is 4.79 Å². The fourth-order valence-corrected chi connectivity index (χ4v) is 2.29. The van der Waals surface area contributed by atoms with E-state index < -0.39 is 0 Å². The topological polar surface area (TPSA) is 79.5 Å². The minimum absolute atomic E-state index is 0.229. The first kappa shape index (κ1) is 18.6. The molecule has 0 saturated carbocycles. The average Bonchev–Trinajstić information content (AvgIpc) is 2.48. The molecule has 0 heterocycles. The SMILES string of the molecule is O=CNCCCNC(=O)NCCCOc1ccc(Br)cc1Cl. The second kappa shape index (κ2) is 11.1. The molecule has 0 bridgehead atoms. The van der Waals surface area contributed by atoms with Gasteiger partial charge in [-0.3, -0.25) is 4.79 Å². The number of halogens is 2. The summed E-state index contributed by atoms with van der Waals surface area (Å²) in [6.45, 7) is 2.03. The van der Waals surface area contributed by atoms with Gasteiger partial charge in [-0.2, -0.15) is 0 Å². The van der Waals surface area contributed by atoms with Crippen LogP contribution in [0.15, 0.2) is 22.7 Å². The van der Waals surface area contributed by atoms with E-state index in [0.717, 1.165) is 4.47 Å². The molecular weight excluding hydrogens is 374 g/mol. The first-order valence-electron chi connectivity index (χ1n) is 6.90. The van der Waals surface area contributed by atoms with E-state index in [0.29, 0.717) is 56.3 Å². The average molecular weight is 393 g/mol. The Balaban J connectivity index is 2.05. The van der Waals surface area contributed by atoms with Crippen molar-refractivity contribution >= 4 is 40.0 Å². The first-order chi connectivity index (χ1) is 10.6. The van der Waals surface area contributed by atoms with Gasteiger partial charge in [0.1, 0.15) is 5.75 Å². The van der Waals surface area contributed by atoms with Crippen molar-refractivity contribution in [3.63, 3.8) is 0 Å². The fourth-order valence-electron chi connectivity index (χ4n) is 1.56. The number of urea groups is 1. The summed E-state index contributed by atoms with van der Waals surface area (Å²) in [5, 5.41) is 8.48. The maximum Gasteiger partial charge on any atom is 0.314 e. The number of benzene rings is 1. The zero-order valence-electron chi connectivity index (χ0n) is 12.0. The summed E-state index contributed by atoms with van der Waals surface area (Å²) in [4.78, 5) is 21.4. The summed E-state index contributed by atoms with van der Waals surface area (Å²) in [6, 6.07) is 5.18. The lowest BCUT2D eigenvalue weighted by atomic mass is 10.3. The quantitative estimate of drug-likeness (QED) is 0.422. The van der Waals surface area contributed by atoms with Gasteiger partial charge in [0.05, 0.1) is 11.6 Å². The smallest absolute Gasteiger partial charge is 0.314 e. The van der Waals surface area contributed by atoms with Crippen molar-refractivity contribution in [3.05, 3.63) is 27.7 Å². The molecule has 8 heteroatoms. The van der Waals surface area contributed by atoms with Crippen LogP contribution in [0.1, 0.15) is 12.8 Å². The van der Waals surface area contributed by atoms with E-state index in [1.807, 2.05) is 6.07 Å². The molecule has 3 N–H and O–H groups in total. The highest BCUT2D eigenvalue weighted by Crippen LogP contribution is 2.27. The van der Waals surface area contributed by atoms with Crippen LogP contribution < -0.4 is 20.7 Å². The highest BCUT2D eigenvalue weighted by Gasteiger charge is 2.02. The van der Waals surface area contributed by atoms with E-state index in [1.54, 1.807) is 12.1 Å². The maximum atomic E-state index is 11.4. The maximum absolute atomic E-state index is 11.4. The lowest BCUT2D eigenvalue weighted by molar-refractivity contribution is -0.109. The number of rotatable bonds is 10. The molecule has 0 aliphatic heterocycles. The van der Waals surface area contributed by atoms with Crippen LogP contribution in [0.2, 0.25) is 5.02 Å². The third kappa shape index (κ3) is 8.09. The Kier molecular flexibility index (Phi) is 9.41. The molecule has 0 aromatic heterocycles. The van der Waals surface area contributed by atoms with Gasteiger partial charge < -0.3 is 20.7 Å². The Morgan fingerprint density at radius 3 is 2.64 bits per heavy atom. The van der Waals surface area contributed by atoms with Crippen molar-refractivity contribution in [1.29, 1.82) is 0 Å². The van der Waals surface area contributed by atoms with Crippen molar-refractivity contribution in [3.8, 4) is 5.75 Å². The molecule has 0 aliphatic carbocycles. The molecule has 0 saturated heterocycles. The minimum atomic E-state index is -0.229. The van der Waals surface area contributed by atoms with Crippen molar-refractivity contribution < 1.29 is 14.3 Å². The van der Waals surface area contributed by atoms with Gasteiger partial charge in [-0.1, -0.05) is 27.5 Å². The number of hydrogen-bond acceptors (Lipinski definition) is 3. The molecule has 1 aromatic carbocycles. The predicted octanol–water partition coefficient (Wildman–Crippen LogP) is 2.31. The second-order valence-electron chi connectivity index (χ2n) is 4.38. The van der Waals surface area contributed by atoms with Crippen molar-refractivity contribution in [2.24, 2.45) is 0 Å². The molecule has 0 spiro atoms. The van der Waals surface area contributed by atoms with Crippen LogP contribution >= 0.6 is 27.5 Å². The molecular formula is C14H19BrClN3O3. The van der Waals surface area contributed by atoms with Crippen LogP contribution in [-0.2, 0) is 4.79 Å². The third-order valence-corrected chi connectivity index (χ3v) is 3.41. The Hall–Kier alpha value is -1.47. The first-order valence-corrected chi connectivity index (χ1v) is 8.07. The van der Waals surface area contributed by atoms with E-state index in [2.05, 4.69) is 31.9 Å². The zero-order chi connectivity index (χ0) is 16.2. The lowest BCUT2D eigenvalue weighted by Crippen LogP contribution is -2.37. The molecule has 0 unspecified atom stereocenters. The zero-order valence-corrected chi connectivity index (χ0v) is 14.4. The molecule has 0 radical (unpaired) electrons. The predicted molar refractivity (Wildman–Crippen MR) is 89.3 cm³/mol. The van der Waals surface area contributed by atoms with Gasteiger partial charge in [0.25, 0.3) is 0 Å². The van der Waals surface area contributed by atoms with Gasteiger partial charge in [-0.15, -0.1) is 0 Å². The second-order valence-corrected chi connectivity index (χ2v) is 5.71. The Bertz CT molecular complexity index is 488. The summed E-state index contributed by atoms with van der Waals surface area (Å²) in [5.74, 6) is 0.622. The summed E-state index contributed by atoms with van der Waals surface area (Å²) in [5.41, 5.74) is 0. The van der Waals surface area contributed by atoms with E-state index in [4.69, 9.17) is 16.3 Å². The van der Waals surface area contributed by atoms with Crippen LogP contribution in [0.3, 0.4) is 0 Å². The number of amides is 3. The van der Waals surface area contributed by atoms with Gasteiger partial charge in [0.15, 0.2) is 0 Å². The largest absolute Gasteiger partial charge is 0.492 e. The Morgan fingerprint density at radius 1 is 1.23 bits per heavy atom. The number of carbonyl (C=O) groups is 2. The standard InChI is InChI=1S/C14H19BrClN3O3/c15-11-3-4-13(12(16)9-11)22-8-2-7-19-14(21)18-6-1-5-17-10-20/h3-4,9-10H,1-2,5-8H2,(H,17,20)(H2,18,19,21). The molecule has 0 atom stereocenters. The lowest BCUT2D eigenvalue weighted by Gasteiger charge is -2.09. The van der Waals surface area contributed by atoms with Crippen LogP contribution in [-0.4, -0.2) is 38.7 Å². The van der Waals surface area contributed by atoms with Crippen molar-refractivity contribution in [2.45, 2.75) is 12.8 Å². The molecule has 6 nitrogen and oxygen atoms in total. The summed E-state index contributed by atoms with van der Waals surface area (Å²) in [7, 11) is 0. The normalized spacial score (nSPS) is 9.91. The molecule has 1 aromatic rings. The van der Waals surface area contributed by atoms with Crippen LogP contribution in [0.5, 0.6) is 5.75 Å². The van der Waals surface area contributed by atoms with E-state index in [-0.39, 0.29) is 6.03 Å². The number of hydrogen-bond donors (Lipinski definition) is 3. The number of ether oxygens (including phenoxy) is 1. The number of carbonyl (C=O) groups excluding carboxylic acids is 2. The molecule has 1 rings (SSSR count). The summed E-state index contributed by atoms with van der Waals surface area (Å²) in [6.07, 6.45) is 2.00. The van der Waals surface area contributed by atoms with Gasteiger partial charge in [0.2, 0.25) is 6.41 Å². The highest BCUT2D eigenvalue weighted by atomic mass is 79.9. The van der Waals surface area contributed by atoms with E-state index >= 15 is 0 Å². The molecule has 22 heavy (non-hydrogen) atoms. The molecule has 0 fully saturated rings. The highest BCUT2D eigenvalue weighted by molar-refractivity contribution is 9.10. The summed E-state index contributed by atoms with van der Waals surface area (Å²) < 4.78 is 6.43. The number of nitrogens with one attached hydrogen (secondary N) is 3. The van der Waals surface area contributed by atoms with Gasteiger partial charge in [-0.25, -0.2) is 4.79 Å². The summed E-state index contributed by atoms with van der Waals surface area (Å²) >= 11 is 9.35. The van der Waals surface area contributed by atoms with Gasteiger partial charge in [-0.05, 0) is 31.0 Å². The fraction of sp³-hybridized carbons (Fsp3) is 0.429. The van der Waals surface area contributed by atoms with Crippen LogP contribution in [0, 0.1) is 0 Å². The Morgan fingerprint density at radius 2 is 1.95 bits per heavy atom. The van der Waals surface area contributed by atoms with Crippen LogP contribution in [0.25, 0.3) is 0 Å². The molecule has 0 aliphatic rings. The molecule has 122 valence electrons. The van der Waals surface area contributed by atoms with Gasteiger partial charge >= 0.3 is 6.03 Å². The Labute approximate surface area is 143 Å². The third-order valence-electron chi connectivity index (χ3n) is 2.62. The van der Waals surface area contributed by atoms with Crippen molar-refractivity contribution in [2.75, 3.05) is 26.2 Å². The van der Waals surface area contributed by atoms with E-state index in [1.165, 1.54) is 0 Å². The van der Waals surface area contributed by atoms with Crippen molar-refractivity contribution in [1.82, 2.24) is 16.0 Å².